The van der Waals surface area contributed by atoms with E-state index in [4.69, 9.17) is 23.2 Å². The number of rotatable bonds is 2. The van der Waals surface area contributed by atoms with Crippen LogP contribution in [0, 0.1) is 11.2 Å². The molecule has 120 valence electrons. The highest BCUT2D eigenvalue weighted by Gasteiger charge is 2.36. The minimum absolute atomic E-state index is 0. The molecule has 0 aliphatic carbocycles. The zero-order valence-corrected chi connectivity index (χ0v) is 14.9. The normalized spacial score (nSPS) is 18.2. The summed E-state index contributed by atoms with van der Waals surface area (Å²) in [5.74, 6) is -0.280. The Bertz CT molecular complexity index is 483. The molecule has 2 rings (SSSR count). The maximum Gasteiger partial charge on any atom is 0.129 e. The average molecular weight is 356 g/mol. The van der Waals surface area contributed by atoms with Crippen molar-refractivity contribution in [2.24, 2.45) is 5.41 Å². The third-order valence-electron chi connectivity index (χ3n) is 3.69. The molecule has 1 fully saturated rings. The molecule has 0 radical (unpaired) electrons. The van der Waals surface area contributed by atoms with Gasteiger partial charge in [0.05, 0.1) is 10.0 Å². The molecule has 2 nitrogen and oxygen atoms in total. The molecule has 0 bridgehead atoms. The third kappa shape index (κ3) is 4.23. The van der Waals surface area contributed by atoms with Crippen molar-refractivity contribution in [1.82, 2.24) is 10.2 Å². The van der Waals surface area contributed by atoms with Crippen molar-refractivity contribution in [2.45, 2.75) is 26.8 Å². The van der Waals surface area contributed by atoms with Gasteiger partial charge in [-0.25, -0.2) is 4.39 Å². The first-order valence-electron chi connectivity index (χ1n) is 6.90. The summed E-state index contributed by atoms with van der Waals surface area (Å²) >= 11 is 12.4. The van der Waals surface area contributed by atoms with E-state index < -0.39 is 0 Å². The van der Waals surface area contributed by atoms with Gasteiger partial charge in [0.15, 0.2) is 0 Å². The molecular weight excluding hydrogens is 334 g/mol. The first-order valence-corrected chi connectivity index (χ1v) is 7.66. The molecule has 0 aromatic heterocycles. The summed E-state index contributed by atoms with van der Waals surface area (Å²) < 4.78 is 14.4. The molecule has 1 aromatic rings. The first kappa shape index (κ1) is 19.0. The molecule has 1 aromatic carbocycles. The minimum Gasteiger partial charge on any atom is -0.314 e. The van der Waals surface area contributed by atoms with Gasteiger partial charge in [0.2, 0.25) is 0 Å². The van der Waals surface area contributed by atoms with Gasteiger partial charge in [0.1, 0.15) is 5.82 Å². The van der Waals surface area contributed by atoms with Gasteiger partial charge in [-0.15, -0.1) is 12.4 Å². The Labute approximate surface area is 142 Å². The first-order chi connectivity index (χ1) is 9.32. The molecule has 0 unspecified atom stereocenters. The van der Waals surface area contributed by atoms with Crippen LogP contribution < -0.4 is 5.32 Å². The van der Waals surface area contributed by atoms with Gasteiger partial charge >= 0.3 is 0 Å². The number of halogens is 4. The van der Waals surface area contributed by atoms with Crippen LogP contribution in [0.15, 0.2) is 12.1 Å². The molecule has 21 heavy (non-hydrogen) atoms. The van der Waals surface area contributed by atoms with E-state index in [1.54, 1.807) is 0 Å². The van der Waals surface area contributed by atoms with Crippen molar-refractivity contribution >= 4 is 35.6 Å². The largest absolute Gasteiger partial charge is 0.314 e. The van der Waals surface area contributed by atoms with Gasteiger partial charge in [0, 0.05) is 37.8 Å². The second kappa shape index (κ2) is 7.47. The van der Waals surface area contributed by atoms with Gasteiger partial charge in [-0.3, -0.25) is 4.90 Å². The van der Waals surface area contributed by atoms with Crippen LogP contribution in [0.5, 0.6) is 0 Å². The summed E-state index contributed by atoms with van der Waals surface area (Å²) in [4.78, 5) is 2.29. The van der Waals surface area contributed by atoms with Crippen molar-refractivity contribution in [3.05, 3.63) is 33.6 Å². The van der Waals surface area contributed by atoms with Gasteiger partial charge < -0.3 is 5.32 Å². The number of nitrogens with one attached hydrogen (secondary N) is 1. The monoisotopic (exact) mass is 354 g/mol. The Morgan fingerprint density at radius 1 is 1.19 bits per heavy atom. The highest BCUT2D eigenvalue weighted by Crippen LogP contribution is 2.44. The van der Waals surface area contributed by atoms with Crippen LogP contribution in [0.2, 0.25) is 10.0 Å². The molecule has 1 aliphatic heterocycles. The van der Waals surface area contributed by atoms with Crippen LogP contribution in [0.1, 0.15) is 32.4 Å². The quantitative estimate of drug-likeness (QED) is 0.783. The van der Waals surface area contributed by atoms with Crippen LogP contribution in [-0.2, 0) is 0 Å². The predicted molar refractivity (Wildman–Crippen MR) is 90.3 cm³/mol. The standard InChI is InChI=1S/C15H21Cl2FN2.ClH/c1-15(2,3)14(20-8-6-19-7-9-20)12-11(18)5-4-10(16)13(12)17;/h4-5,14,19H,6-9H2,1-3H3;1H/t14-;/m0./s1. The fourth-order valence-electron chi connectivity index (χ4n) is 2.90. The van der Waals surface area contributed by atoms with E-state index in [0.29, 0.717) is 15.6 Å². The van der Waals surface area contributed by atoms with Gasteiger partial charge in [-0.2, -0.15) is 0 Å². The lowest BCUT2D eigenvalue weighted by atomic mass is 9.80. The Balaban J connectivity index is 0.00000220. The maximum atomic E-state index is 14.4. The van der Waals surface area contributed by atoms with Gasteiger partial charge in [-0.1, -0.05) is 44.0 Å². The third-order valence-corrected chi connectivity index (χ3v) is 4.51. The van der Waals surface area contributed by atoms with E-state index in [9.17, 15) is 4.39 Å². The molecule has 6 heteroatoms. The SMILES string of the molecule is CC(C)(C)[C@H](c1c(F)ccc(Cl)c1Cl)N1CCNCC1.Cl. The number of hydrogen-bond acceptors (Lipinski definition) is 2. The second-order valence-corrected chi connectivity index (χ2v) is 7.10. The molecule has 0 amide bonds. The summed E-state index contributed by atoms with van der Waals surface area (Å²) in [6.45, 7) is 9.90. The zero-order valence-electron chi connectivity index (χ0n) is 12.5. The molecule has 1 N–H and O–H groups in total. The van der Waals surface area contributed by atoms with E-state index in [0.717, 1.165) is 26.2 Å². The molecule has 0 saturated carbocycles. The zero-order chi connectivity index (χ0) is 14.9. The van der Waals surface area contributed by atoms with Crippen molar-refractivity contribution in [3.8, 4) is 0 Å². The number of hydrogen-bond donors (Lipinski definition) is 1. The average Bonchev–Trinajstić information content (AvgIpc) is 2.39. The van der Waals surface area contributed by atoms with E-state index >= 15 is 0 Å². The summed E-state index contributed by atoms with van der Waals surface area (Å²) in [6.07, 6.45) is 0. The Hall–Kier alpha value is -0.0600. The Morgan fingerprint density at radius 2 is 1.76 bits per heavy atom. The lowest BCUT2D eigenvalue weighted by Crippen LogP contribution is -2.48. The lowest BCUT2D eigenvalue weighted by Gasteiger charge is -2.43. The van der Waals surface area contributed by atoms with E-state index in [1.165, 1.54) is 12.1 Å². The Kier molecular flexibility index (Phi) is 6.76. The molecular formula is C15H22Cl3FN2. The van der Waals surface area contributed by atoms with Crippen LogP contribution in [0.4, 0.5) is 4.39 Å². The van der Waals surface area contributed by atoms with Crippen molar-refractivity contribution in [2.75, 3.05) is 26.2 Å². The lowest BCUT2D eigenvalue weighted by molar-refractivity contribution is 0.0835. The number of benzene rings is 1. The van der Waals surface area contributed by atoms with E-state index in [1.807, 2.05) is 0 Å². The predicted octanol–water partition coefficient (Wildman–Crippen LogP) is 4.55. The summed E-state index contributed by atoms with van der Waals surface area (Å²) in [5.41, 5.74) is 0.389. The van der Waals surface area contributed by atoms with E-state index in [-0.39, 0.29) is 29.7 Å². The Morgan fingerprint density at radius 3 is 2.29 bits per heavy atom. The van der Waals surface area contributed by atoms with Crippen LogP contribution >= 0.6 is 35.6 Å². The minimum atomic E-state index is -0.280. The second-order valence-electron chi connectivity index (χ2n) is 6.31. The van der Waals surface area contributed by atoms with Crippen molar-refractivity contribution < 1.29 is 4.39 Å². The topological polar surface area (TPSA) is 15.3 Å². The van der Waals surface area contributed by atoms with Crippen molar-refractivity contribution in [3.63, 3.8) is 0 Å². The molecule has 1 aliphatic rings. The number of piperazine rings is 1. The summed E-state index contributed by atoms with van der Waals surface area (Å²) in [5, 5.41) is 4.07. The summed E-state index contributed by atoms with van der Waals surface area (Å²) in [7, 11) is 0. The molecule has 1 heterocycles. The highest BCUT2D eigenvalue weighted by atomic mass is 35.5. The smallest absolute Gasteiger partial charge is 0.129 e. The summed E-state index contributed by atoms with van der Waals surface area (Å²) in [6, 6.07) is 2.83. The fraction of sp³-hybridized carbons (Fsp3) is 0.600. The van der Waals surface area contributed by atoms with Crippen LogP contribution in [0.3, 0.4) is 0 Å². The van der Waals surface area contributed by atoms with Crippen molar-refractivity contribution in [1.29, 1.82) is 0 Å². The maximum absolute atomic E-state index is 14.4. The highest BCUT2D eigenvalue weighted by molar-refractivity contribution is 6.42. The van der Waals surface area contributed by atoms with Gasteiger partial charge in [0.25, 0.3) is 0 Å². The van der Waals surface area contributed by atoms with Crippen LogP contribution in [-0.4, -0.2) is 31.1 Å². The molecule has 1 atom stereocenters. The number of nitrogens with zero attached hydrogens (tertiary/aromatic N) is 1. The molecule has 0 spiro atoms. The van der Waals surface area contributed by atoms with Crippen LogP contribution in [0.25, 0.3) is 0 Å². The van der Waals surface area contributed by atoms with Gasteiger partial charge in [-0.05, 0) is 17.5 Å². The molecule has 1 saturated heterocycles. The van der Waals surface area contributed by atoms with E-state index in [2.05, 4.69) is 31.0 Å². The fourth-order valence-corrected chi connectivity index (χ4v) is 3.32.